The number of likely N-dealkylation sites (N-methyl/N-ethyl adjacent to an activating group) is 1. The topological polar surface area (TPSA) is 168 Å². The normalized spacial score (nSPS) is 29.7. The van der Waals surface area contributed by atoms with E-state index in [1.54, 1.807) is 20.2 Å². The van der Waals surface area contributed by atoms with Gasteiger partial charge in [-0.3, -0.25) is 19.3 Å². The Labute approximate surface area is 239 Å². The number of ketones is 2. The van der Waals surface area contributed by atoms with E-state index in [1.165, 1.54) is 4.90 Å². The molecule has 0 aromatic heterocycles. The molecule has 4 aliphatic rings. The van der Waals surface area contributed by atoms with Crippen molar-refractivity contribution >= 4 is 28.9 Å². The van der Waals surface area contributed by atoms with Gasteiger partial charge in [0.2, 0.25) is 5.78 Å². The van der Waals surface area contributed by atoms with E-state index in [9.17, 15) is 34.8 Å². The van der Waals surface area contributed by atoms with Crippen LogP contribution in [-0.4, -0.2) is 101 Å². The highest BCUT2D eigenvalue weighted by Gasteiger charge is 2.64. The van der Waals surface area contributed by atoms with Gasteiger partial charge in [0.25, 0.3) is 5.91 Å². The number of rotatable bonds is 5. The molecule has 1 heterocycles. The molecule has 3 aliphatic carbocycles. The van der Waals surface area contributed by atoms with Crippen molar-refractivity contribution in [3.05, 3.63) is 39.7 Å². The highest BCUT2D eigenvalue weighted by molar-refractivity contribution is 6.24. The number of primary amides is 1. The summed E-state index contributed by atoms with van der Waals surface area (Å²) in [6.07, 6.45) is 1.20. The summed E-state index contributed by atoms with van der Waals surface area (Å²) >= 11 is 0. The number of anilines is 1. The third-order valence-electron chi connectivity index (χ3n) is 9.28. The van der Waals surface area contributed by atoms with Crippen LogP contribution in [0.15, 0.2) is 23.0 Å². The van der Waals surface area contributed by atoms with Crippen molar-refractivity contribution in [3.63, 3.8) is 0 Å². The van der Waals surface area contributed by atoms with Gasteiger partial charge in [-0.1, -0.05) is 13.8 Å². The molecule has 222 valence electrons. The van der Waals surface area contributed by atoms with Gasteiger partial charge in [0.1, 0.15) is 22.8 Å². The molecule has 0 spiro atoms. The second-order valence-electron chi connectivity index (χ2n) is 12.8. The van der Waals surface area contributed by atoms with Crippen LogP contribution in [-0.2, 0) is 20.8 Å². The van der Waals surface area contributed by atoms with Gasteiger partial charge in [0.05, 0.1) is 11.6 Å². The molecule has 41 heavy (non-hydrogen) atoms. The van der Waals surface area contributed by atoms with E-state index < -0.39 is 58.0 Å². The van der Waals surface area contributed by atoms with E-state index in [4.69, 9.17) is 5.73 Å². The number of carbonyl (C=O) groups excluding carboxylic acids is 3. The largest absolute Gasteiger partial charge is 0.508 e. The maximum Gasteiger partial charge on any atom is 0.255 e. The van der Waals surface area contributed by atoms with Gasteiger partial charge < -0.3 is 36.0 Å². The molecule has 0 saturated heterocycles. The number of hydrogen-bond donors (Lipinski definition) is 5. The summed E-state index contributed by atoms with van der Waals surface area (Å²) in [5.41, 5.74) is 4.53. The Hall–Kier alpha value is -3.41. The highest BCUT2D eigenvalue weighted by Crippen LogP contribution is 2.55. The van der Waals surface area contributed by atoms with Crippen LogP contribution in [0.3, 0.4) is 0 Å². The fourth-order valence-electron chi connectivity index (χ4n) is 7.66. The van der Waals surface area contributed by atoms with E-state index >= 15 is 0 Å². The molecule has 11 heteroatoms. The molecule has 0 radical (unpaired) electrons. The molecule has 5 atom stereocenters. The Morgan fingerprint density at radius 1 is 1.15 bits per heavy atom. The molecule has 0 bridgehead atoms. The van der Waals surface area contributed by atoms with Crippen molar-refractivity contribution in [2.24, 2.45) is 23.5 Å². The molecule has 1 aromatic carbocycles. The molecule has 1 fully saturated rings. The second kappa shape index (κ2) is 9.85. The Kier molecular flexibility index (Phi) is 6.99. The number of Topliss-reactive ketones (excluding diaryl/α,β-unsaturated/α-hetero) is 2. The van der Waals surface area contributed by atoms with Crippen molar-refractivity contribution in [3.8, 4) is 5.75 Å². The number of hydrogen-bond acceptors (Lipinski definition) is 10. The van der Waals surface area contributed by atoms with Gasteiger partial charge in [0.15, 0.2) is 11.4 Å². The van der Waals surface area contributed by atoms with Gasteiger partial charge in [-0.15, -0.1) is 0 Å². The first-order valence-corrected chi connectivity index (χ1v) is 14.1. The summed E-state index contributed by atoms with van der Waals surface area (Å²) in [6, 6.07) is 0.580. The summed E-state index contributed by atoms with van der Waals surface area (Å²) in [4.78, 5) is 45.5. The minimum absolute atomic E-state index is 0.0404. The van der Waals surface area contributed by atoms with Crippen molar-refractivity contribution in [1.82, 2.24) is 9.80 Å². The molecule has 1 aromatic rings. The minimum atomic E-state index is -2.64. The van der Waals surface area contributed by atoms with Crippen LogP contribution in [0.4, 0.5) is 5.69 Å². The van der Waals surface area contributed by atoms with Crippen molar-refractivity contribution in [2.75, 3.05) is 46.2 Å². The number of aliphatic hydroxyl groups excluding tert-OH is 2. The summed E-state index contributed by atoms with van der Waals surface area (Å²) in [5.74, 6) is -6.09. The summed E-state index contributed by atoms with van der Waals surface area (Å²) < 4.78 is 0. The zero-order chi connectivity index (χ0) is 30.3. The Morgan fingerprint density at radius 2 is 1.80 bits per heavy atom. The van der Waals surface area contributed by atoms with Crippen LogP contribution in [0.5, 0.6) is 5.75 Å². The molecule has 1 saturated carbocycles. The monoisotopic (exact) mass is 568 g/mol. The van der Waals surface area contributed by atoms with Gasteiger partial charge in [-0.2, -0.15) is 0 Å². The predicted molar refractivity (Wildman–Crippen MR) is 152 cm³/mol. The van der Waals surface area contributed by atoms with Crippen molar-refractivity contribution < 1.29 is 34.8 Å². The van der Waals surface area contributed by atoms with Crippen LogP contribution in [0.2, 0.25) is 0 Å². The lowest BCUT2D eigenvalue weighted by Gasteiger charge is -2.50. The molecule has 1 amide bonds. The smallest absolute Gasteiger partial charge is 0.255 e. The number of nitrogens with two attached hydrogens (primary N) is 1. The zero-order valence-electron chi connectivity index (χ0n) is 24.4. The number of aromatic hydroxyl groups is 1. The van der Waals surface area contributed by atoms with E-state index in [-0.39, 0.29) is 35.8 Å². The van der Waals surface area contributed by atoms with E-state index in [0.29, 0.717) is 5.92 Å². The first-order valence-electron chi connectivity index (χ1n) is 14.1. The number of nitrogens with zero attached hydrogens (tertiary/aromatic N) is 3. The van der Waals surface area contributed by atoms with E-state index in [0.717, 1.165) is 36.3 Å². The molecular formula is C30H40N4O7. The first-order chi connectivity index (χ1) is 19.1. The number of fused-ring (bicyclic) bond motifs is 5. The average molecular weight is 569 g/mol. The van der Waals surface area contributed by atoms with Gasteiger partial charge in [-0.25, -0.2) is 0 Å². The number of phenols is 1. The number of amides is 1. The summed E-state index contributed by atoms with van der Waals surface area (Å²) in [7, 11) is 7.15. The Bertz CT molecular complexity index is 1410. The van der Waals surface area contributed by atoms with Crippen molar-refractivity contribution in [1.29, 1.82) is 0 Å². The maximum absolute atomic E-state index is 14.1. The summed E-state index contributed by atoms with van der Waals surface area (Å²) in [6.45, 7) is 5.80. The number of aliphatic hydroxyl groups is 3. The molecule has 5 rings (SSSR count). The fraction of sp³-hybridized carbons (Fsp3) is 0.567. The minimum Gasteiger partial charge on any atom is -0.508 e. The molecule has 1 aliphatic heterocycles. The third kappa shape index (κ3) is 4.08. The number of benzene rings is 1. The SMILES string of the molecule is CC(C)CN1CCC(N(C)C)c2cc(O)c3c(c21)C[C@@H]1C[C@@H]2[C@@H](N(C)C)C(=O)C(C(N)=O)=C(O)[C@@]2(O)C(=O)C1=C3O. The van der Waals surface area contributed by atoms with Gasteiger partial charge in [0, 0.05) is 36.3 Å². The highest BCUT2D eigenvalue weighted by atomic mass is 16.3. The lowest BCUT2D eigenvalue weighted by atomic mass is 9.57. The quantitative estimate of drug-likeness (QED) is 0.328. The molecular weight excluding hydrogens is 528 g/mol. The Balaban J connectivity index is 1.75. The summed E-state index contributed by atoms with van der Waals surface area (Å²) in [5, 5.41) is 45.7. The van der Waals surface area contributed by atoms with E-state index in [2.05, 4.69) is 23.6 Å². The zero-order valence-corrected chi connectivity index (χ0v) is 24.4. The Morgan fingerprint density at radius 3 is 2.37 bits per heavy atom. The number of carbonyl (C=O) groups is 3. The molecule has 11 nitrogen and oxygen atoms in total. The average Bonchev–Trinajstić information content (AvgIpc) is 2.85. The van der Waals surface area contributed by atoms with Crippen LogP contribution in [0.25, 0.3) is 5.76 Å². The third-order valence-corrected chi connectivity index (χ3v) is 9.28. The fourth-order valence-corrected chi connectivity index (χ4v) is 7.66. The van der Waals surface area contributed by atoms with Gasteiger partial charge in [-0.05, 0) is 76.5 Å². The standard InChI is InChI=1S/C30H40N4O7/c1-13(2)12-34-8-7-18(32(3)4)15-11-19(35)21-16(23(15)34)9-14-10-17-24(33(5)6)26(37)22(29(31)40)28(39)30(17,41)27(38)20(14)25(21)36/h11,13-14,17-18,24,35-36,39,41H,7-10,12H2,1-6H3,(H2,31,40)/t14-,17-,18?,24-,30+/m1/s1. The first kappa shape index (κ1) is 29.1. The van der Waals surface area contributed by atoms with E-state index in [1.807, 2.05) is 14.1 Å². The second-order valence-corrected chi connectivity index (χ2v) is 12.8. The molecule has 1 unspecified atom stereocenters. The lowest BCUT2D eigenvalue weighted by Crippen LogP contribution is -2.65. The lowest BCUT2D eigenvalue weighted by molar-refractivity contribution is -0.153. The van der Waals surface area contributed by atoms with Crippen molar-refractivity contribution in [2.45, 2.75) is 50.8 Å². The van der Waals surface area contributed by atoms with Crippen LogP contribution in [0.1, 0.15) is 49.4 Å². The number of phenolic OH excluding ortho intramolecular Hbond substituents is 1. The molecule has 6 N–H and O–H groups in total. The van der Waals surface area contributed by atoms with Crippen LogP contribution >= 0.6 is 0 Å². The van der Waals surface area contributed by atoms with Gasteiger partial charge >= 0.3 is 0 Å². The van der Waals surface area contributed by atoms with Crippen LogP contribution in [0, 0.1) is 17.8 Å². The van der Waals surface area contributed by atoms with Crippen LogP contribution < -0.4 is 10.6 Å². The maximum atomic E-state index is 14.1. The predicted octanol–water partition coefficient (Wildman–Crippen LogP) is 1.43.